The third kappa shape index (κ3) is 4.44. The molecule has 2 saturated heterocycles. The lowest BCUT2D eigenvalue weighted by atomic mass is 10.0. The number of carbonyl (C=O) groups excluding carboxylic acids is 2. The highest BCUT2D eigenvalue weighted by Gasteiger charge is 2.49. The minimum absolute atomic E-state index is 0.0267. The second kappa shape index (κ2) is 8.44. The molecule has 0 aromatic heterocycles. The van der Waals surface area contributed by atoms with Crippen molar-refractivity contribution in [3.63, 3.8) is 0 Å². The molecule has 0 spiro atoms. The van der Waals surface area contributed by atoms with Crippen LogP contribution in [0, 0.1) is 5.92 Å². The Labute approximate surface area is 191 Å². The van der Waals surface area contributed by atoms with Gasteiger partial charge < -0.3 is 14.7 Å². The van der Waals surface area contributed by atoms with Gasteiger partial charge in [-0.3, -0.25) is 9.59 Å². The van der Waals surface area contributed by atoms with Crippen LogP contribution >= 0.6 is 11.6 Å². The highest BCUT2D eigenvalue weighted by Crippen LogP contribution is 2.39. The minimum Gasteiger partial charge on any atom is -0.368 e. The van der Waals surface area contributed by atoms with Gasteiger partial charge in [-0.2, -0.15) is 0 Å². The first-order chi connectivity index (χ1) is 15.0. The summed E-state index contributed by atoms with van der Waals surface area (Å²) in [7, 11) is -3.76. The molecule has 1 aliphatic carbocycles. The van der Waals surface area contributed by atoms with E-state index in [1.54, 1.807) is 17.0 Å². The van der Waals surface area contributed by atoms with E-state index >= 15 is 0 Å². The quantitative estimate of drug-likeness (QED) is 0.649. The Balaban J connectivity index is 1.42. The van der Waals surface area contributed by atoms with Crippen LogP contribution in [0.2, 0.25) is 5.02 Å². The molecule has 0 unspecified atom stereocenters. The van der Waals surface area contributed by atoms with E-state index in [0.717, 1.165) is 10.6 Å². The van der Waals surface area contributed by atoms with Crippen LogP contribution in [0.3, 0.4) is 0 Å². The van der Waals surface area contributed by atoms with E-state index in [0.29, 0.717) is 39.0 Å². The zero-order valence-electron chi connectivity index (χ0n) is 17.8. The molecule has 2 heterocycles. The monoisotopic (exact) mass is 489 g/mol. The van der Waals surface area contributed by atoms with Gasteiger partial charge in [-0.15, -0.1) is 0 Å². The highest BCUT2D eigenvalue weighted by molar-refractivity contribution is 7.92. The van der Waals surface area contributed by atoms with Crippen molar-refractivity contribution < 1.29 is 26.8 Å². The fourth-order valence-electron chi connectivity index (χ4n) is 4.75. The number of hydrogen-bond donors (Lipinski definition) is 0. The van der Waals surface area contributed by atoms with Crippen molar-refractivity contribution in [1.29, 1.82) is 0 Å². The first kappa shape index (κ1) is 23.2. The summed E-state index contributed by atoms with van der Waals surface area (Å²) in [5, 5.41) is -0.644. The molecule has 7 nitrogen and oxygen atoms in total. The number of halogens is 3. The topological polar surface area (TPSA) is 78.0 Å². The van der Waals surface area contributed by atoms with Crippen molar-refractivity contribution in [3.05, 3.63) is 23.2 Å². The molecule has 1 aromatic carbocycles. The SMILES string of the molecule is CC(=O)N1CCN(c2ccc(S(=O)(=O)[C@@H]3CC[C@@H](C(=O)N4CC(F)(F)C4)C3)c(Cl)c2)CC1. The first-order valence-corrected chi connectivity index (χ1v) is 12.6. The molecule has 2 amide bonds. The van der Waals surface area contributed by atoms with E-state index < -0.39 is 40.0 Å². The lowest BCUT2D eigenvalue weighted by Crippen LogP contribution is -2.59. The Morgan fingerprint density at radius 2 is 1.72 bits per heavy atom. The van der Waals surface area contributed by atoms with Gasteiger partial charge in [0.2, 0.25) is 11.8 Å². The molecule has 11 heteroatoms. The van der Waals surface area contributed by atoms with Crippen LogP contribution in [-0.4, -0.2) is 80.5 Å². The number of hydrogen-bond acceptors (Lipinski definition) is 5. The summed E-state index contributed by atoms with van der Waals surface area (Å²) in [6.07, 6.45) is 0.781. The van der Waals surface area contributed by atoms with E-state index in [-0.39, 0.29) is 28.2 Å². The third-order valence-electron chi connectivity index (χ3n) is 6.64. The van der Waals surface area contributed by atoms with Gasteiger partial charge in [0.15, 0.2) is 9.84 Å². The predicted octanol–water partition coefficient (Wildman–Crippen LogP) is 2.43. The summed E-state index contributed by atoms with van der Waals surface area (Å²) in [5.41, 5.74) is 0.787. The molecular weight excluding hydrogens is 464 g/mol. The Kier molecular flexibility index (Phi) is 6.13. The Morgan fingerprint density at radius 1 is 1.06 bits per heavy atom. The van der Waals surface area contributed by atoms with E-state index in [2.05, 4.69) is 4.90 Å². The molecule has 0 N–H and O–H groups in total. The van der Waals surface area contributed by atoms with Crippen LogP contribution < -0.4 is 4.90 Å². The summed E-state index contributed by atoms with van der Waals surface area (Å²) in [4.78, 5) is 28.9. The van der Waals surface area contributed by atoms with Gasteiger partial charge in [-0.25, -0.2) is 17.2 Å². The molecule has 0 radical (unpaired) electrons. The van der Waals surface area contributed by atoms with Gasteiger partial charge in [0.05, 0.1) is 28.3 Å². The van der Waals surface area contributed by atoms with Gasteiger partial charge in [0, 0.05) is 44.7 Å². The standard InChI is InChI=1S/C21H26ClF2N3O4S/c1-14(28)25-6-8-26(9-7-25)16-3-5-19(18(22)11-16)32(30,31)17-4-2-15(10-17)20(29)27-12-21(23,24)13-27/h3,5,11,15,17H,2,4,6-10,12-13H2,1H3/t15-,17-/m1/s1. The summed E-state index contributed by atoms with van der Waals surface area (Å²) in [6, 6.07) is 4.83. The van der Waals surface area contributed by atoms with Crippen molar-refractivity contribution in [2.45, 2.75) is 42.3 Å². The smallest absolute Gasteiger partial charge is 0.282 e. The molecule has 2 atom stereocenters. The molecule has 2 aliphatic heterocycles. The number of benzene rings is 1. The molecular formula is C21H26ClF2N3O4S. The van der Waals surface area contributed by atoms with Gasteiger partial charge in [-0.05, 0) is 37.5 Å². The molecule has 1 saturated carbocycles. The molecule has 0 bridgehead atoms. The molecule has 3 aliphatic rings. The van der Waals surface area contributed by atoms with Crippen LogP contribution in [-0.2, 0) is 19.4 Å². The summed E-state index contributed by atoms with van der Waals surface area (Å²) < 4.78 is 52.5. The Hall–Kier alpha value is -1.94. The van der Waals surface area contributed by atoms with Crippen LogP contribution in [0.4, 0.5) is 14.5 Å². The van der Waals surface area contributed by atoms with Gasteiger partial charge in [0.1, 0.15) is 0 Å². The number of carbonyl (C=O) groups is 2. The van der Waals surface area contributed by atoms with Crippen LogP contribution in [0.15, 0.2) is 23.1 Å². The number of sulfone groups is 1. The molecule has 1 aromatic rings. The van der Waals surface area contributed by atoms with E-state index in [1.807, 2.05) is 0 Å². The van der Waals surface area contributed by atoms with E-state index in [4.69, 9.17) is 11.6 Å². The maximum Gasteiger partial charge on any atom is 0.282 e. The molecule has 176 valence electrons. The third-order valence-corrected chi connectivity index (χ3v) is 9.34. The molecule has 4 rings (SSSR count). The largest absolute Gasteiger partial charge is 0.368 e. The maximum atomic E-state index is 13.2. The van der Waals surface area contributed by atoms with E-state index in [9.17, 15) is 26.8 Å². The van der Waals surface area contributed by atoms with Crippen molar-refractivity contribution in [2.75, 3.05) is 44.2 Å². The summed E-state index contributed by atoms with van der Waals surface area (Å²) in [5.74, 6) is -3.75. The number of piperazine rings is 1. The minimum atomic E-state index is -3.76. The van der Waals surface area contributed by atoms with E-state index in [1.165, 1.54) is 13.0 Å². The first-order valence-electron chi connectivity index (χ1n) is 10.7. The number of alkyl halides is 2. The van der Waals surface area contributed by atoms with Gasteiger partial charge in [0.25, 0.3) is 5.92 Å². The number of anilines is 1. The fraction of sp³-hybridized carbons (Fsp3) is 0.619. The second-order valence-corrected chi connectivity index (χ2v) is 11.4. The zero-order chi connectivity index (χ0) is 23.3. The maximum absolute atomic E-state index is 13.2. The van der Waals surface area contributed by atoms with Crippen molar-refractivity contribution in [2.24, 2.45) is 5.92 Å². The fourth-order valence-corrected chi connectivity index (χ4v) is 7.13. The number of rotatable bonds is 4. The van der Waals surface area contributed by atoms with Gasteiger partial charge in [-0.1, -0.05) is 11.6 Å². The van der Waals surface area contributed by atoms with Gasteiger partial charge >= 0.3 is 0 Å². The second-order valence-electron chi connectivity index (χ2n) is 8.84. The van der Waals surface area contributed by atoms with Crippen LogP contribution in [0.5, 0.6) is 0 Å². The van der Waals surface area contributed by atoms with Crippen molar-refractivity contribution in [3.8, 4) is 0 Å². The van der Waals surface area contributed by atoms with Crippen molar-refractivity contribution >= 4 is 38.9 Å². The lowest BCUT2D eigenvalue weighted by molar-refractivity contribution is -0.169. The van der Waals surface area contributed by atoms with Crippen LogP contribution in [0.1, 0.15) is 26.2 Å². The normalized spacial score (nSPS) is 25.6. The Bertz CT molecular complexity index is 1020. The highest BCUT2D eigenvalue weighted by atomic mass is 35.5. The summed E-state index contributed by atoms with van der Waals surface area (Å²) >= 11 is 6.37. The van der Waals surface area contributed by atoms with Crippen molar-refractivity contribution in [1.82, 2.24) is 9.80 Å². The number of amides is 2. The zero-order valence-corrected chi connectivity index (χ0v) is 19.3. The number of nitrogens with zero attached hydrogens (tertiary/aromatic N) is 3. The average Bonchev–Trinajstić information content (AvgIpc) is 3.22. The predicted molar refractivity (Wildman–Crippen MR) is 116 cm³/mol. The summed E-state index contributed by atoms with van der Waals surface area (Å²) in [6.45, 7) is 2.79. The molecule has 3 fully saturated rings. The lowest BCUT2D eigenvalue weighted by Gasteiger charge is -2.40. The molecule has 32 heavy (non-hydrogen) atoms. The average molecular weight is 490 g/mol. The number of likely N-dealkylation sites (tertiary alicyclic amines) is 1. The van der Waals surface area contributed by atoms with Crippen LogP contribution in [0.25, 0.3) is 0 Å². The Morgan fingerprint density at radius 3 is 2.28 bits per heavy atom.